The van der Waals surface area contributed by atoms with Crippen LogP contribution in [-0.4, -0.2) is 4.98 Å². The summed E-state index contributed by atoms with van der Waals surface area (Å²) in [5.74, 6) is 0. The maximum absolute atomic E-state index is 6.37. The Balaban J connectivity index is 2.31. The Bertz CT molecular complexity index is 570. The van der Waals surface area contributed by atoms with Gasteiger partial charge in [-0.15, -0.1) is 0 Å². The molecule has 1 aromatic heterocycles. The van der Waals surface area contributed by atoms with Crippen LogP contribution in [0.5, 0.6) is 0 Å². The van der Waals surface area contributed by atoms with Crippen LogP contribution < -0.4 is 5.73 Å². The van der Waals surface area contributed by atoms with Gasteiger partial charge in [0.25, 0.3) is 0 Å². The lowest BCUT2D eigenvalue weighted by atomic mass is 9.91. The van der Waals surface area contributed by atoms with Crippen LogP contribution in [0, 0.1) is 20.8 Å². The SMILES string of the molecule is Cc1cc(C)c(C(N)Cc2ccncc2Cl)c(C)c1. The van der Waals surface area contributed by atoms with E-state index in [0.29, 0.717) is 5.02 Å². The van der Waals surface area contributed by atoms with Crippen LogP contribution in [0.25, 0.3) is 0 Å². The Morgan fingerprint density at radius 2 is 1.84 bits per heavy atom. The molecule has 0 bridgehead atoms. The van der Waals surface area contributed by atoms with Crippen molar-refractivity contribution in [1.29, 1.82) is 0 Å². The molecular formula is C16H19ClN2. The Morgan fingerprint density at radius 3 is 2.42 bits per heavy atom. The van der Waals surface area contributed by atoms with Gasteiger partial charge in [0.1, 0.15) is 0 Å². The van der Waals surface area contributed by atoms with Crippen molar-refractivity contribution >= 4 is 11.6 Å². The number of benzene rings is 1. The van der Waals surface area contributed by atoms with E-state index in [4.69, 9.17) is 17.3 Å². The lowest BCUT2D eigenvalue weighted by Gasteiger charge is -2.19. The molecule has 0 spiro atoms. The molecule has 1 aromatic carbocycles. The number of hydrogen-bond acceptors (Lipinski definition) is 2. The van der Waals surface area contributed by atoms with Crippen LogP contribution in [-0.2, 0) is 6.42 Å². The fourth-order valence-electron chi connectivity index (χ4n) is 2.68. The van der Waals surface area contributed by atoms with Crippen molar-refractivity contribution in [2.45, 2.75) is 33.2 Å². The smallest absolute Gasteiger partial charge is 0.0622 e. The average molecular weight is 275 g/mol. The first-order valence-corrected chi connectivity index (χ1v) is 6.78. The summed E-state index contributed by atoms with van der Waals surface area (Å²) in [5.41, 5.74) is 12.4. The zero-order valence-corrected chi connectivity index (χ0v) is 12.3. The topological polar surface area (TPSA) is 38.9 Å². The molecule has 0 radical (unpaired) electrons. The van der Waals surface area contributed by atoms with Gasteiger partial charge in [0.05, 0.1) is 5.02 Å². The fourth-order valence-corrected chi connectivity index (χ4v) is 2.88. The second-order valence-corrected chi connectivity index (χ2v) is 5.50. The van der Waals surface area contributed by atoms with Gasteiger partial charge in [0.2, 0.25) is 0 Å². The Kier molecular flexibility index (Phi) is 4.23. The lowest BCUT2D eigenvalue weighted by Crippen LogP contribution is -2.16. The zero-order valence-electron chi connectivity index (χ0n) is 11.6. The summed E-state index contributed by atoms with van der Waals surface area (Å²) >= 11 is 6.14. The maximum Gasteiger partial charge on any atom is 0.0622 e. The number of nitrogens with zero attached hydrogens (tertiary/aromatic N) is 1. The monoisotopic (exact) mass is 274 g/mol. The lowest BCUT2D eigenvalue weighted by molar-refractivity contribution is 0.710. The van der Waals surface area contributed by atoms with Crippen molar-refractivity contribution in [2.75, 3.05) is 0 Å². The quantitative estimate of drug-likeness (QED) is 0.922. The van der Waals surface area contributed by atoms with Crippen LogP contribution in [0.2, 0.25) is 5.02 Å². The molecule has 1 unspecified atom stereocenters. The average Bonchev–Trinajstić information content (AvgIpc) is 2.30. The molecule has 1 atom stereocenters. The summed E-state index contributed by atoms with van der Waals surface area (Å²) in [6.07, 6.45) is 4.15. The Labute approximate surface area is 119 Å². The highest BCUT2D eigenvalue weighted by Crippen LogP contribution is 2.26. The van der Waals surface area contributed by atoms with Crippen LogP contribution >= 0.6 is 11.6 Å². The summed E-state index contributed by atoms with van der Waals surface area (Å²) in [6, 6.07) is 6.24. The highest BCUT2D eigenvalue weighted by molar-refractivity contribution is 6.31. The number of rotatable bonds is 3. The maximum atomic E-state index is 6.37. The molecule has 0 saturated carbocycles. The van der Waals surface area contributed by atoms with Crippen molar-refractivity contribution in [1.82, 2.24) is 4.98 Å². The van der Waals surface area contributed by atoms with E-state index in [1.165, 1.54) is 22.3 Å². The van der Waals surface area contributed by atoms with Gasteiger partial charge in [0.15, 0.2) is 0 Å². The van der Waals surface area contributed by atoms with E-state index in [-0.39, 0.29) is 6.04 Å². The fraction of sp³-hybridized carbons (Fsp3) is 0.312. The van der Waals surface area contributed by atoms with Gasteiger partial charge < -0.3 is 5.73 Å². The van der Waals surface area contributed by atoms with Gasteiger partial charge in [-0.3, -0.25) is 4.98 Å². The van der Waals surface area contributed by atoms with Crippen molar-refractivity contribution in [2.24, 2.45) is 5.73 Å². The first-order chi connectivity index (χ1) is 8.99. The summed E-state index contributed by atoms with van der Waals surface area (Å²) in [6.45, 7) is 6.34. The summed E-state index contributed by atoms with van der Waals surface area (Å²) in [4.78, 5) is 4.00. The molecule has 2 rings (SSSR count). The summed E-state index contributed by atoms with van der Waals surface area (Å²) < 4.78 is 0. The zero-order chi connectivity index (χ0) is 14.0. The normalized spacial score (nSPS) is 12.5. The second-order valence-electron chi connectivity index (χ2n) is 5.09. The van der Waals surface area contributed by atoms with Crippen molar-refractivity contribution in [3.05, 3.63) is 63.4 Å². The van der Waals surface area contributed by atoms with E-state index >= 15 is 0 Å². The third-order valence-electron chi connectivity index (χ3n) is 3.41. The van der Waals surface area contributed by atoms with Crippen LogP contribution in [0.4, 0.5) is 0 Å². The molecule has 2 aromatic rings. The molecule has 0 aliphatic heterocycles. The van der Waals surface area contributed by atoms with Crippen molar-refractivity contribution in [3.8, 4) is 0 Å². The van der Waals surface area contributed by atoms with E-state index in [0.717, 1.165) is 12.0 Å². The van der Waals surface area contributed by atoms with E-state index < -0.39 is 0 Å². The molecule has 0 aliphatic rings. The van der Waals surface area contributed by atoms with E-state index in [1.54, 1.807) is 12.4 Å². The van der Waals surface area contributed by atoms with Gasteiger partial charge in [-0.25, -0.2) is 0 Å². The third-order valence-corrected chi connectivity index (χ3v) is 3.75. The first kappa shape index (κ1) is 14.0. The number of pyridine rings is 1. The van der Waals surface area contributed by atoms with Crippen molar-refractivity contribution in [3.63, 3.8) is 0 Å². The van der Waals surface area contributed by atoms with Crippen molar-refractivity contribution < 1.29 is 0 Å². The molecule has 0 saturated heterocycles. The second kappa shape index (κ2) is 5.72. The molecule has 2 nitrogen and oxygen atoms in total. The molecule has 1 heterocycles. The Hall–Kier alpha value is -1.38. The number of aromatic nitrogens is 1. The van der Waals surface area contributed by atoms with Gasteiger partial charge in [0, 0.05) is 18.4 Å². The van der Waals surface area contributed by atoms with Crippen LogP contribution in [0.3, 0.4) is 0 Å². The van der Waals surface area contributed by atoms with E-state index in [1.807, 2.05) is 6.07 Å². The molecule has 19 heavy (non-hydrogen) atoms. The van der Waals surface area contributed by atoms with Gasteiger partial charge >= 0.3 is 0 Å². The third kappa shape index (κ3) is 3.14. The number of aryl methyl sites for hydroxylation is 3. The number of halogens is 1. The van der Waals surface area contributed by atoms with Gasteiger partial charge in [-0.1, -0.05) is 29.3 Å². The van der Waals surface area contributed by atoms with Gasteiger partial charge in [-0.05, 0) is 55.5 Å². The van der Waals surface area contributed by atoms with Gasteiger partial charge in [-0.2, -0.15) is 0 Å². The first-order valence-electron chi connectivity index (χ1n) is 6.40. The molecular weight excluding hydrogens is 256 g/mol. The molecule has 0 fully saturated rings. The predicted octanol–water partition coefficient (Wildman–Crippen LogP) is 3.90. The van der Waals surface area contributed by atoms with Crippen LogP contribution in [0.15, 0.2) is 30.6 Å². The molecule has 0 aliphatic carbocycles. The van der Waals surface area contributed by atoms with E-state index in [9.17, 15) is 0 Å². The number of hydrogen-bond donors (Lipinski definition) is 1. The minimum atomic E-state index is -0.0412. The summed E-state index contributed by atoms with van der Waals surface area (Å²) in [7, 11) is 0. The van der Waals surface area contributed by atoms with E-state index in [2.05, 4.69) is 37.9 Å². The van der Waals surface area contributed by atoms with Crippen LogP contribution in [0.1, 0.15) is 33.9 Å². The largest absolute Gasteiger partial charge is 0.324 e. The standard InChI is InChI=1S/C16H19ClN2/c1-10-6-11(2)16(12(3)7-10)15(18)8-13-4-5-19-9-14(13)17/h4-7,9,15H,8,18H2,1-3H3. The highest BCUT2D eigenvalue weighted by atomic mass is 35.5. The Morgan fingerprint density at radius 1 is 1.21 bits per heavy atom. The summed E-state index contributed by atoms with van der Waals surface area (Å²) in [5, 5.41) is 0.681. The molecule has 0 amide bonds. The minimum absolute atomic E-state index is 0.0412. The molecule has 100 valence electrons. The number of nitrogens with two attached hydrogens (primary N) is 1. The molecule has 3 heteroatoms. The minimum Gasteiger partial charge on any atom is -0.324 e. The highest BCUT2D eigenvalue weighted by Gasteiger charge is 2.14. The molecule has 2 N–H and O–H groups in total. The predicted molar refractivity (Wildman–Crippen MR) is 80.5 cm³/mol.